The lowest BCUT2D eigenvalue weighted by atomic mass is 10.1. The van der Waals surface area contributed by atoms with Gasteiger partial charge in [-0.15, -0.1) is 0 Å². The molecule has 0 saturated carbocycles. The number of anilines is 1. The first-order valence-corrected chi connectivity index (χ1v) is 14.0. The third-order valence-electron chi connectivity index (χ3n) is 6.33. The molecule has 0 aromatic heterocycles. The number of urea groups is 1. The second kappa shape index (κ2) is 13.2. The van der Waals surface area contributed by atoms with Crippen molar-refractivity contribution in [2.75, 3.05) is 11.5 Å². The van der Waals surface area contributed by atoms with Crippen molar-refractivity contribution in [2.45, 2.75) is 20.1 Å². The van der Waals surface area contributed by atoms with Crippen LogP contribution in [0.3, 0.4) is 0 Å². The zero-order valence-electron chi connectivity index (χ0n) is 22.7. The summed E-state index contributed by atoms with van der Waals surface area (Å²) in [5.74, 6) is 0.449. The summed E-state index contributed by atoms with van der Waals surface area (Å²) in [4.78, 5) is 38.9. The molecule has 1 N–H and O–H groups in total. The molecule has 9 heteroatoms. The fraction of sp³-hybridized carbons (Fsp3) is 0.121. The number of carbonyl (C=O) groups is 3. The summed E-state index contributed by atoms with van der Waals surface area (Å²) >= 11 is 3.33. The highest BCUT2D eigenvalue weighted by Gasteiger charge is 2.36. The van der Waals surface area contributed by atoms with Crippen LogP contribution in [0.4, 0.5) is 10.5 Å². The average molecular weight is 627 g/mol. The standard InChI is InChI=1S/C33H27BrN2O6/c1-2-40-30-19-24(10-17-29(30)42-20-23-6-4-3-5-7-23)21-41-27-15-8-22(9-16-27)18-28-31(37)35-33(39)36(32(28)38)26-13-11-25(34)12-14-26/h3-19H,2,20-21H2,1H3,(H,35,37,39)/b28-18+. The minimum Gasteiger partial charge on any atom is -0.490 e. The van der Waals surface area contributed by atoms with E-state index in [-0.39, 0.29) is 5.57 Å². The summed E-state index contributed by atoms with van der Waals surface area (Å²) in [5, 5.41) is 2.23. The van der Waals surface area contributed by atoms with Gasteiger partial charge < -0.3 is 14.2 Å². The van der Waals surface area contributed by atoms with Gasteiger partial charge >= 0.3 is 6.03 Å². The van der Waals surface area contributed by atoms with Crippen molar-refractivity contribution in [1.29, 1.82) is 0 Å². The molecule has 4 aromatic rings. The minimum absolute atomic E-state index is 0.149. The van der Waals surface area contributed by atoms with E-state index in [1.165, 1.54) is 6.08 Å². The van der Waals surface area contributed by atoms with Gasteiger partial charge in [-0.3, -0.25) is 14.9 Å². The van der Waals surface area contributed by atoms with E-state index in [1.54, 1.807) is 48.5 Å². The fourth-order valence-corrected chi connectivity index (χ4v) is 4.51. The molecule has 1 saturated heterocycles. The minimum atomic E-state index is -0.795. The number of nitrogens with one attached hydrogen (secondary N) is 1. The Morgan fingerprint density at radius 3 is 2.19 bits per heavy atom. The number of halogens is 1. The molecule has 0 radical (unpaired) electrons. The molecule has 1 fully saturated rings. The molecule has 42 heavy (non-hydrogen) atoms. The molecule has 212 valence electrons. The van der Waals surface area contributed by atoms with Crippen LogP contribution in [0, 0.1) is 0 Å². The van der Waals surface area contributed by atoms with Crippen molar-refractivity contribution >= 4 is 45.5 Å². The van der Waals surface area contributed by atoms with E-state index in [0.717, 1.165) is 20.5 Å². The summed E-state index contributed by atoms with van der Waals surface area (Å²) in [5.41, 5.74) is 2.77. The quantitative estimate of drug-likeness (QED) is 0.156. The van der Waals surface area contributed by atoms with Gasteiger partial charge in [0, 0.05) is 4.47 Å². The molecule has 5 rings (SSSR count). The molecule has 8 nitrogen and oxygen atoms in total. The van der Waals surface area contributed by atoms with Gasteiger partial charge in [-0.25, -0.2) is 9.69 Å². The van der Waals surface area contributed by atoms with E-state index < -0.39 is 17.8 Å². The number of ether oxygens (including phenoxy) is 3. The van der Waals surface area contributed by atoms with E-state index in [0.29, 0.717) is 48.3 Å². The van der Waals surface area contributed by atoms with Crippen LogP contribution >= 0.6 is 15.9 Å². The van der Waals surface area contributed by atoms with Crippen LogP contribution in [-0.4, -0.2) is 24.5 Å². The van der Waals surface area contributed by atoms with Gasteiger partial charge in [0.2, 0.25) is 0 Å². The number of amides is 4. The molecule has 4 aromatic carbocycles. The van der Waals surface area contributed by atoms with Gasteiger partial charge in [0.25, 0.3) is 11.8 Å². The van der Waals surface area contributed by atoms with Crippen LogP contribution in [0.5, 0.6) is 17.2 Å². The van der Waals surface area contributed by atoms with Gasteiger partial charge in [0.1, 0.15) is 24.5 Å². The normalized spacial score (nSPS) is 14.1. The van der Waals surface area contributed by atoms with Crippen LogP contribution in [0.1, 0.15) is 23.6 Å². The van der Waals surface area contributed by atoms with Gasteiger partial charge in [-0.05, 0) is 78.2 Å². The van der Waals surface area contributed by atoms with Crippen molar-refractivity contribution in [3.05, 3.63) is 124 Å². The summed E-state index contributed by atoms with van der Waals surface area (Å²) in [6.07, 6.45) is 1.45. The number of rotatable bonds is 10. The number of hydrogen-bond donors (Lipinski definition) is 1. The second-order valence-electron chi connectivity index (χ2n) is 9.28. The predicted octanol–water partition coefficient (Wildman–Crippen LogP) is 6.67. The number of carbonyl (C=O) groups excluding carboxylic acids is 3. The number of hydrogen-bond acceptors (Lipinski definition) is 6. The Hall–Kier alpha value is -4.89. The zero-order valence-corrected chi connectivity index (χ0v) is 24.3. The SMILES string of the molecule is CCOc1cc(COc2ccc(/C=C3\C(=O)NC(=O)N(c4ccc(Br)cc4)C3=O)cc2)ccc1OCc1ccccc1. The number of barbiturate groups is 1. The molecule has 0 atom stereocenters. The van der Waals surface area contributed by atoms with Crippen molar-refractivity contribution < 1.29 is 28.6 Å². The van der Waals surface area contributed by atoms with Gasteiger partial charge in [-0.1, -0.05) is 64.5 Å². The van der Waals surface area contributed by atoms with Crippen LogP contribution < -0.4 is 24.4 Å². The van der Waals surface area contributed by atoms with Crippen LogP contribution in [0.15, 0.2) is 107 Å². The molecule has 1 aliphatic rings. The third kappa shape index (κ3) is 6.87. The molecular weight excluding hydrogens is 600 g/mol. The Bertz CT molecular complexity index is 1620. The average Bonchev–Trinajstić information content (AvgIpc) is 3.00. The Balaban J connectivity index is 1.24. The van der Waals surface area contributed by atoms with Crippen LogP contribution in [-0.2, 0) is 22.8 Å². The van der Waals surface area contributed by atoms with Gasteiger partial charge in [0.05, 0.1) is 12.3 Å². The van der Waals surface area contributed by atoms with Crippen molar-refractivity contribution in [3.8, 4) is 17.2 Å². The molecule has 0 spiro atoms. The zero-order chi connectivity index (χ0) is 29.5. The summed E-state index contributed by atoms with van der Waals surface area (Å²) in [6, 6.07) is 28.4. The van der Waals surface area contributed by atoms with E-state index in [4.69, 9.17) is 14.2 Å². The van der Waals surface area contributed by atoms with Gasteiger partial charge in [0.15, 0.2) is 11.5 Å². The smallest absolute Gasteiger partial charge is 0.335 e. The Labute approximate surface area is 251 Å². The fourth-order valence-electron chi connectivity index (χ4n) is 4.24. The lowest BCUT2D eigenvalue weighted by molar-refractivity contribution is -0.122. The van der Waals surface area contributed by atoms with Gasteiger partial charge in [-0.2, -0.15) is 0 Å². The molecule has 0 bridgehead atoms. The van der Waals surface area contributed by atoms with Crippen molar-refractivity contribution in [1.82, 2.24) is 5.32 Å². The van der Waals surface area contributed by atoms with E-state index in [9.17, 15) is 14.4 Å². The van der Waals surface area contributed by atoms with Crippen LogP contribution in [0.2, 0.25) is 0 Å². The lowest BCUT2D eigenvalue weighted by Crippen LogP contribution is -2.54. The first-order valence-electron chi connectivity index (χ1n) is 13.2. The third-order valence-corrected chi connectivity index (χ3v) is 6.86. The maximum atomic E-state index is 13.1. The Morgan fingerprint density at radius 2 is 1.48 bits per heavy atom. The topological polar surface area (TPSA) is 94.2 Å². The molecule has 1 heterocycles. The summed E-state index contributed by atoms with van der Waals surface area (Å²) < 4.78 is 18.5. The number of nitrogens with zero attached hydrogens (tertiary/aromatic N) is 1. The molecule has 4 amide bonds. The van der Waals surface area contributed by atoms with Crippen LogP contribution in [0.25, 0.3) is 6.08 Å². The molecule has 1 aliphatic heterocycles. The second-order valence-corrected chi connectivity index (χ2v) is 10.2. The van der Waals surface area contributed by atoms with Crippen molar-refractivity contribution in [2.24, 2.45) is 0 Å². The maximum Gasteiger partial charge on any atom is 0.335 e. The molecule has 0 unspecified atom stereocenters. The maximum absolute atomic E-state index is 13.1. The molecular formula is C33H27BrN2O6. The Morgan fingerprint density at radius 1 is 0.762 bits per heavy atom. The monoisotopic (exact) mass is 626 g/mol. The summed E-state index contributed by atoms with van der Waals surface area (Å²) in [7, 11) is 0. The first-order chi connectivity index (χ1) is 20.4. The van der Waals surface area contributed by atoms with E-state index in [2.05, 4.69) is 21.2 Å². The highest BCUT2D eigenvalue weighted by molar-refractivity contribution is 9.10. The highest BCUT2D eigenvalue weighted by atomic mass is 79.9. The predicted molar refractivity (Wildman–Crippen MR) is 162 cm³/mol. The number of benzene rings is 4. The summed E-state index contributed by atoms with van der Waals surface area (Å²) in [6.45, 7) is 3.15. The Kier molecular flexibility index (Phi) is 8.99. The largest absolute Gasteiger partial charge is 0.490 e. The first kappa shape index (κ1) is 28.6. The van der Waals surface area contributed by atoms with Crippen molar-refractivity contribution in [3.63, 3.8) is 0 Å². The number of imide groups is 2. The van der Waals surface area contributed by atoms with E-state index in [1.807, 2.05) is 55.5 Å². The molecule has 0 aliphatic carbocycles. The highest BCUT2D eigenvalue weighted by Crippen LogP contribution is 2.30. The lowest BCUT2D eigenvalue weighted by Gasteiger charge is -2.26. The van der Waals surface area contributed by atoms with E-state index >= 15 is 0 Å².